The summed E-state index contributed by atoms with van der Waals surface area (Å²) in [6.45, 7) is 12.9. The lowest BCUT2D eigenvalue weighted by Crippen LogP contribution is -2.24. The average Bonchev–Trinajstić information content (AvgIpc) is 2.38. The molecule has 20 heavy (non-hydrogen) atoms. The monoisotopic (exact) mass is 278 g/mol. The molecule has 0 radical (unpaired) electrons. The Morgan fingerprint density at radius 1 is 1.15 bits per heavy atom. The van der Waals surface area contributed by atoms with Gasteiger partial charge in [0.25, 0.3) is 0 Å². The first-order valence-corrected chi connectivity index (χ1v) is 7.71. The second kappa shape index (κ2) is 8.03. The van der Waals surface area contributed by atoms with E-state index in [4.69, 9.17) is 10.5 Å². The second-order valence-electron chi connectivity index (χ2n) is 6.13. The van der Waals surface area contributed by atoms with Crippen LogP contribution in [0.1, 0.15) is 41.0 Å². The molecule has 1 aromatic carbocycles. The predicted octanol–water partition coefficient (Wildman–Crippen LogP) is 4.40. The minimum atomic E-state index is 0.660. The smallest absolute Gasteiger partial charge is 0.144 e. The lowest BCUT2D eigenvalue weighted by atomic mass is 9.85. The lowest BCUT2D eigenvalue weighted by Gasteiger charge is -2.25. The summed E-state index contributed by atoms with van der Waals surface area (Å²) < 4.78 is 5.66. The van der Waals surface area contributed by atoms with E-state index in [0.29, 0.717) is 30.0 Å². The maximum Gasteiger partial charge on any atom is 0.144 e. The number of nitrogens with two attached hydrogens (primary N) is 1. The maximum atomic E-state index is 5.93. The van der Waals surface area contributed by atoms with E-state index < -0.39 is 0 Å². The van der Waals surface area contributed by atoms with Gasteiger partial charge in [0.2, 0.25) is 0 Å². The first-order chi connectivity index (χ1) is 9.45. The Bertz CT molecular complexity index is 394. The fourth-order valence-electron chi connectivity index (χ4n) is 2.46. The summed E-state index contributed by atoms with van der Waals surface area (Å²) in [4.78, 5) is 0. The van der Waals surface area contributed by atoms with Gasteiger partial charge in [-0.25, -0.2) is 0 Å². The molecule has 3 nitrogen and oxygen atoms in total. The van der Waals surface area contributed by atoms with Crippen LogP contribution in [-0.4, -0.2) is 13.2 Å². The highest BCUT2D eigenvalue weighted by Gasteiger charge is 2.17. The number of hydrogen-bond acceptors (Lipinski definition) is 3. The predicted molar refractivity (Wildman–Crippen MR) is 88.3 cm³/mol. The average molecular weight is 278 g/mol. The molecule has 0 spiro atoms. The first-order valence-electron chi connectivity index (χ1n) is 7.71. The van der Waals surface area contributed by atoms with E-state index in [1.807, 2.05) is 18.2 Å². The van der Waals surface area contributed by atoms with Gasteiger partial charge in [-0.3, -0.25) is 0 Å². The molecule has 1 aromatic rings. The van der Waals surface area contributed by atoms with Crippen molar-refractivity contribution in [2.75, 3.05) is 24.2 Å². The summed E-state index contributed by atoms with van der Waals surface area (Å²) in [5, 5.41) is 3.52. The van der Waals surface area contributed by atoms with Crippen molar-refractivity contribution in [2.24, 2.45) is 17.8 Å². The third-order valence-electron chi connectivity index (χ3n) is 3.73. The van der Waals surface area contributed by atoms with Crippen LogP contribution in [-0.2, 0) is 0 Å². The van der Waals surface area contributed by atoms with Crippen molar-refractivity contribution in [2.45, 2.75) is 41.0 Å². The Kier molecular flexibility index (Phi) is 6.69. The molecule has 3 heteroatoms. The molecule has 114 valence electrons. The zero-order valence-electron chi connectivity index (χ0n) is 13.6. The molecule has 0 aliphatic heterocycles. The van der Waals surface area contributed by atoms with Crippen LogP contribution in [0.5, 0.6) is 5.75 Å². The van der Waals surface area contributed by atoms with E-state index in [-0.39, 0.29) is 0 Å². The third kappa shape index (κ3) is 4.95. The van der Waals surface area contributed by atoms with Crippen LogP contribution in [0.2, 0.25) is 0 Å². The topological polar surface area (TPSA) is 47.3 Å². The van der Waals surface area contributed by atoms with Gasteiger partial charge in [0, 0.05) is 18.3 Å². The SMILES string of the molecule is CCCOc1cc(NCC(C(C)C)C(C)C)ccc1N. The van der Waals surface area contributed by atoms with Crippen LogP contribution in [0.3, 0.4) is 0 Å². The van der Waals surface area contributed by atoms with Crippen LogP contribution in [0.25, 0.3) is 0 Å². The Balaban J connectivity index is 2.68. The van der Waals surface area contributed by atoms with Crippen molar-refractivity contribution >= 4 is 11.4 Å². The standard InChI is InChI=1S/C17H30N2O/c1-6-9-20-17-10-14(7-8-16(17)18)19-11-15(12(2)3)13(4)5/h7-8,10,12-13,15,19H,6,9,11,18H2,1-5H3. The number of hydrogen-bond donors (Lipinski definition) is 2. The summed E-state index contributed by atoms with van der Waals surface area (Å²) in [7, 11) is 0. The minimum absolute atomic E-state index is 0.660. The number of ether oxygens (including phenoxy) is 1. The van der Waals surface area contributed by atoms with Crippen molar-refractivity contribution in [1.29, 1.82) is 0 Å². The Labute approximate surface area is 123 Å². The lowest BCUT2D eigenvalue weighted by molar-refractivity contribution is 0.304. The summed E-state index contributed by atoms with van der Waals surface area (Å²) in [5.74, 6) is 2.79. The number of rotatable bonds is 8. The van der Waals surface area contributed by atoms with Crippen LogP contribution in [0.4, 0.5) is 11.4 Å². The van der Waals surface area contributed by atoms with Gasteiger partial charge in [0.15, 0.2) is 0 Å². The molecule has 0 fully saturated rings. The van der Waals surface area contributed by atoms with Crippen molar-refractivity contribution in [1.82, 2.24) is 0 Å². The number of nitrogen functional groups attached to an aromatic ring is 1. The van der Waals surface area contributed by atoms with Gasteiger partial charge < -0.3 is 15.8 Å². The number of benzene rings is 1. The normalized spacial score (nSPS) is 11.4. The molecule has 0 aliphatic rings. The van der Waals surface area contributed by atoms with Gasteiger partial charge in [-0.2, -0.15) is 0 Å². The zero-order chi connectivity index (χ0) is 15.1. The quantitative estimate of drug-likeness (QED) is 0.693. The first kappa shape index (κ1) is 16.7. The molecule has 0 unspecified atom stereocenters. The summed E-state index contributed by atoms with van der Waals surface area (Å²) in [6.07, 6.45) is 0.986. The molecule has 3 N–H and O–H groups in total. The number of nitrogens with one attached hydrogen (secondary N) is 1. The van der Waals surface area contributed by atoms with Crippen LogP contribution in [0.15, 0.2) is 18.2 Å². The van der Waals surface area contributed by atoms with E-state index in [1.165, 1.54) is 0 Å². The van der Waals surface area contributed by atoms with Crippen LogP contribution in [0, 0.1) is 17.8 Å². The molecule has 0 amide bonds. The fraction of sp³-hybridized carbons (Fsp3) is 0.647. The van der Waals surface area contributed by atoms with Gasteiger partial charge in [0.05, 0.1) is 12.3 Å². The highest BCUT2D eigenvalue weighted by molar-refractivity contribution is 5.61. The van der Waals surface area contributed by atoms with Crippen LogP contribution < -0.4 is 15.8 Å². The van der Waals surface area contributed by atoms with E-state index in [0.717, 1.165) is 24.4 Å². The fourth-order valence-corrected chi connectivity index (χ4v) is 2.46. The van der Waals surface area contributed by atoms with Gasteiger partial charge in [-0.1, -0.05) is 34.6 Å². The summed E-state index contributed by atoms with van der Waals surface area (Å²) >= 11 is 0. The molecule has 0 bridgehead atoms. The Hall–Kier alpha value is -1.38. The largest absolute Gasteiger partial charge is 0.491 e. The van der Waals surface area contributed by atoms with Crippen molar-refractivity contribution < 1.29 is 4.74 Å². The summed E-state index contributed by atoms with van der Waals surface area (Å²) in [5.41, 5.74) is 7.71. The van der Waals surface area contributed by atoms with E-state index in [9.17, 15) is 0 Å². The van der Waals surface area contributed by atoms with Crippen molar-refractivity contribution in [3.05, 3.63) is 18.2 Å². The zero-order valence-corrected chi connectivity index (χ0v) is 13.6. The molecule has 0 aliphatic carbocycles. The minimum Gasteiger partial charge on any atom is -0.491 e. The third-order valence-corrected chi connectivity index (χ3v) is 3.73. The molecule has 0 atom stereocenters. The molecule has 1 rings (SSSR count). The van der Waals surface area contributed by atoms with E-state index in [2.05, 4.69) is 39.9 Å². The molecule has 0 aromatic heterocycles. The van der Waals surface area contributed by atoms with E-state index in [1.54, 1.807) is 0 Å². The Morgan fingerprint density at radius 3 is 2.35 bits per heavy atom. The van der Waals surface area contributed by atoms with E-state index >= 15 is 0 Å². The van der Waals surface area contributed by atoms with Crippen LogP contribution >= 0.6 is 0 Å². The maximum absolute atomic E-state index is 5.93. The number of anilines is 2. The van der Waals surface area contributed by atoms with Gasteiger partial charge in [-0.15, -0.1) is 0 Å². The molecular weight excluding hydrogens is 248 g/mol. The summed E-state index contributed by atoms with van der Waals surface area (Å²) in [6, 6.07) is 5.93. The molecule has 0 saturated carbocycles. The second-order valence-corrected chi connectivity index (χ2v) is 6.13. The van der Waals surface area contributed by atoms with Gasteiger partial charge in [-0.05, 0) is 36.3 Å². The molecular formula is C17H30N2O. The van der Waals surface area contributed by atoms with Crippen molar-refractivity contribution in [3.63, 3.8) is 0 Å². The highest BCUT2D eigenvalue weighted by Crippen LogP contribution is 2.27. The highest BCUT2D eigenvalue weighted by atomic mass is 16.5. The Morgan fingerprint density at radius 2 is 1.80 bits per heavy atom. The molecule has 0 saturated heterocycles. The van der Waals surface area contributed by atoms with Crippen molar-refractivity contribution in [3.8, 4) is 5.75 Å². The van der Waals surface area contributed by atoms with Gasteiger partial charge in [0.1, 0.15) is 5.75 Å². The molecule has 0 heterocycles. The van der Waals surface area contributed by atoms with Gasteiger partial charge >= 0.3 is 0 Å².